The van der Waals surface area contributed by atoms with Gasteiger partial charge in [0.25, 0.3) is 0 Å². The van der Waals surface area contributed by atoms with Gasteiger partial charge in [-0.3, -0.25) is 4.90 Å². The second kappa shape index (κ2) is 11.6. The molecule has 1 aliphatic heterocycles. The third kappa shape index (κ3) is 7.04. The SMILES string of the molecule is CCNC(=NCc1ccccc1CN1CCOCC1)Nc1ccc(OC(C)C)cc1. The fraction of sp³-hybridized carbons (Fsp3) is 0.458. The number of nitrogens with zero attached hydrogens (tertiary/aromatic N) is 2. The van der Waals surface area contributed by atoms with Crippen LogP contribution in [0.3, 0.4) is 0 Å². The second-order valence-corrected chi connectivity index (χ2v) is 7.67. The zero-order chi connectivity index (χ0) is 21.2. The zero-order valence-electron chi connectivity index (χ0n) is 18.4. The Hall–Kier alpha value is -2.57. The molecule has 0 bridgehead atoms. The molecule has 2 N–H and O–H groups in total. The summed E-state index contributed by atoms with van der Waals surface area (Å²) >= 11 is 0. The average molecular weight is 411 g/mol. The van der Waals surface area contributed by atoms with Gasteiger partial charge in [-0.1, -0.05) is 24.3 Å². The van der Waals surface area contributed by atoms with Gasteiger partial charge in [-0.2, -0.15) is 0 Å². The first-order valence-corrected chi connectivity index (χ1v) is 10.8. The molecule has 1 aliphatic rings. The van der Waals surface area contributed by atoms with Gasteiger partial charge in [0.1, 0.15) is 5.75 Å². The summed E-state index contributed by atoms with van der Waals surface area (Å²) in [5.41, 5.74) is 3.56. The van der Waals surface area contributed by atoms with Crippen molar-refractivity contribution in [2.45, 2.75) is 40.0 Å². The number of rotatable bonds is 8. The summed E-state index contributed by atoms with van der Waals surface area (Å²) in [4.78, 5) is 7.26. The molecule has 0 amide bonds. The third-order valence-electron chi connectivity index (χ3n) is 4.86. The van der Waals surface area contributed by atoms with Crippen LogP contribution in [0.15, 0.2) is 53.5 Å². The summed E-state index contributed by atoms with van der Waals surface area (Å²) in [5, 5.41) is 6.72. The normalized spacial score (nSPS) is 15.3. The van der Waals surface area contributed by atoms with Gasteiger partial charge in [0.15, 0.2) is 5.96 Å². The van der Waals surface area contributed by atoms with Crippen molar-refractivity contribution in [2.24, 2.45) is 4.99 Å². The van der Waals surface area contributed by atoms with E-state index in [2.05, 4.69) is 46.7 Å². The lowest BCUT2D eigenvalue weighted by Crippen LogP contribution is -2.35. The van der Waals surface area contributed by atoms with E-state index < -0.39 is 0 Å². The van der Waals surface area contributed by atoms with Crippen LogP contribution in [-0.2, 0) is 17.8 Å². The smallest absolute Gasteiger partial charge is 0.196 e. The molecular weight excluding hydrogens is 376 g/mol. The second-order valence-electron chi connectivity index (χ2n) is 7.67. The van der Waals surface area contributed by atoms with Crippen molar-refractivity contribution in [3.05, 3.63) is 59.7 Å². The molecule has 0 spiro atoms. The average Bonchev–Trinajstić information content (AvgIpc) is 2.75. The molecule has 30 heavy (non-hydrogen) atoms. The highest BCUT2D eigenvalue weighted by atomic mass is 16.5. The number of aliphatic imine (C=N–C) groups is 1. The molecule has 6 heteroatoms. The Morgan fingerprint density at radius 2 is 1.77 bits per heavy atom. The number of hydrogen-bond donors (Lipinski definition) is 2. The summed E-state index contributed by atoms with van der Waals surface area (Å²) in [6.45, 7) is 12.1. The van der Waals surface area contributed by atoms with E-state index in [0.29, 0.717) is 6.54 Å². The number of guanidine groups is 1. The molecule has 0 aliphatic carbocycles. The van der Waals surface area contributed by atoms with E-state index in [1.807, 2.05) is 38.1 Å². The quantitative estimate of drug-likeness (QED) is 0.511. The number of anilines is 1. The zero-order valence-corrected chi connectivity index (χ0v) is 18.4. The van der Waals surface area contributed by atoms with E-state index in [1.165, 1.54) is 11.1 Å². The lowest BCUT2D eigenvalue weighted by atomic mass is 10.1. The van der Waals surface area contributed by atoms with Gasteiger partial charge in [-0.25, -0.2) is 4.99 Å². The van der Waals surface area contributed by atoms with E-state index in [1.54, 1.807) is 0 Å². The Balaban J connectivity index is 1.65. The molecule has 1 heterocycles. The summed E-state index contributed by atoms with van der Waals surface area (Å²) < 4.78 is 11.2. The van der Waals surface area contributed by atoms with E-state index in [0.717, 1.165) is 56.8 Å². The molecule has 1 fully saturated rings. The molecule has 162 valence electrons. The van der Waals surface area contributed by atoms with Gasteiger partial charge in [0.2, 0.25) is 0 Å². The summed E-state index contributed by atoms with van der Waals surface area (Å²) in [5.74, 6) is 1.64. The highest BCUT2D eigenvalue weighted by Crippen LogP contribution is 2.17. The third-order valence-corrected chi connectivity index (χ3v) is 4.86. The van der Waals surface area contributed by atoms with Crippen LogP contribution in [0.1, 0.15) is 31.9 Å². The first kappa shape index (κ1) is 22.1. The van der Waals surface area contributed by atoms with Gasteiger partial charge in [-0.15, -0.1) is 0 Å². The Morgan fingerprint density at radius 1 is 1.07 bits per heavy atom. The summed E-state index contributed by atoms with van der Waals surface area (Å²) in [7, 11) is 0. The van der Waals surface area contributed by atoms with Crippen LogP contribution in [0.25, 0.3) is 0 Å². The predicted molar refractivity (Wildman–Crippen MR) is 123 cm³/mol. The number of hydrogen-bond acceptors (Lipinski definition) is 4. The predicted octanol–water partition coefficient (Wildman–Crippen LogP) is 3.88. The fourth-order valence-electron chi connectivity index (χ4n) is 3.36. The Labute approximate surface area is 180 Å². The van der Waals surface area contributed by atoms with Crippen LogP contribution < -0.4 is 15.4 Å². The molecule has 6 nitrogen and oxygen atoms in total. The molecule has 2 aromatic rings. The van der Waals surface area contributed by atoms with Crippen LogP contribution in [0.5, 0.6) is 5.75 Å². The molecule has 0 atom stereocenters. The Bertz CT molecular complexity index is 799. The molecule has 0 radical (unpaired) electrons. The maximum atomic E-state index is 5.72. The van der Waals surface area contributed by atoms with Crippen molar-refractivity contribution in [3.63, 3.8) is 0 Å². The Morgan fingerprint density at radius 3 is 2.43 bits per heavy atom. The monoisotopic (exact) mass is 410 g/mol. The van der Waals surface area contributed by atoms with Gasteiger partial charge in [0, 0.05) is 31.9 Å². The Kier molecular flexibility index (Phi) is 8.53. The minimum Gasteiger partial charge on any atom is -0.491 e. The largest absolute Gasteiger partial charge is 0.491 e. The molecule has 0 unspecified atom stereocenters. The van der Waals surface area contributed by atoms with Crippen LogP contribution in [0.4, 0.5) is 5.69 Å². The van der Waals surface area contributed by atoms with Crippen molar-refractivity contribution in [1.29, 1.82) is 0 Å². The van der Waals surface area contributed by atoms with Gasteiger partial charge < -0.3 is 20.1 Å². The number of nitrogens with one attached hydrogen (secondary N) is 2. The van der Waals surface area contributed by atoms with Gasteiger partial charge in [0.05, 0.1) is 25.9 Å². The maximum Gasteiger partial charge on any atom is 0.196 e. The maximum absolute atomic E-state index is 5.72. The fourth-order valence-corrected chi connectivity index (χ4v) is 3.36. The van der Waals surface area contributed by atoms with Crippen molar-refractivity contribution in [2.75, 3.05) is 38.2 Å². The summed E-state index contributed by atoms with van der Waals surface area (Å²) in [6.07, 6.45) is 0.167. The van der Waals surface area contributed by atoms with Gasteiger partial charge >= 0.3 is 0 Å². The number of morpholine rings is 1. The lowest BCUT2D eigenvalue weighted by Gasteiger charge is -2.27. The van der Waals surface area contributed by atoms with E-state index in [-0.39, 0.29) is 6.10 Å². The van der Waals surface area contributed by atoms with Crippen molar-refractivity contribution in [3.8, 4) is 5.75 Å². The molecular formula is C24H34N4O2. The van der Waals surface area contributed by atoms with Gasteiger partial charge in [-0.05, 0) is 56.2 Å². The minimum absolute atomic E-state index is 0.167. The van der Waals surface area contributed by atoms with E-state index >= 15 is 0 Å². The first-order chi connectivity index (χ1) is 14.6. The lowest BCUT2D eigenvalue weighted by molar-refractivity contribution is 0.0341. The number of benzene rings is 2. The minimum atomic E-state index is 0.167. The van der Waals surface area contributed by atoms with Crippen molar-refractivity contribution >= 4 is 11.6 Å². The first-order valence-electron chi connectivity index (χ1n) is 10.8. The molecule has 1 saturated heterocycles. The standard InChI is InChI=1S/C24H34N4O2/c1-4-25-24(27-22-9-11-23(12-10-22)30-19(2)3)26-17-20-7-5-6-8-21(20)18-28-13-15-29-16-14-28/h5-12,19H,4,13-18H2,1-3H3,(H2,25,26,27). The van der Waals surface area contributed by atoms with Crippen LogP contribution >= 0.6 is 0 Å². The van der Waals surface area contributed by atoms with Crippen LogP contribution in [0.2, 0.25) is 0 Å². The molecule has 0 saturated carbocycles. The van der Waals surface area contributed by atoms with Crippen LogP contribution in [0, 0.1) is 0 Å². The molecule has 2 aromatic carbocycles. The van der Waals surface area contributed by atoms with Crippen LogP contribution in [-0.4, -0.2) is 49.8 Å². The van der Waals surface area contributed by atoms with E-state index in [9.17, 15) is 0 Å². The van der Waals surface area contributed by atoms with E-state index in [4.69, 9.17) is 14.5 Å². The molecule has 0 aromatic heterocycles. The van der Waals surface area contributed by atoms with Crippen molar-refractivity contribution < 1.29 is 9.47 Å². The highest BCUT2D eigenvalue weighted by molar-refractivity contribution is 5.93. The molecule has 3 rings (SSSR count). The highest BCUT2D eigenvalue weighted by Gasteiger charge is 2.12. The van der Waals surface area contributed by atoms with Crippen molar-refractivity contribution in [1.82, 2.24) is 10.2 Å². The number of ether oxygens (including phenoxy) is 2. The topological polar surface area (TPSA) is 58.1 Å². The summed E-state index contributed by atoms with van der Waals surface area (Å²) in [6, 6.07) is 16.5.